The van der Waals surface area contributed by atoms with Gasteiger partial charge in [0.25, 0.3) is 11.7 Å². The van der Waals surface area contributed by atoms with Crippen molar-refractivity contribution in [1.82, 2.24) is 9.80 Å². The van der Waals surface area contributed by atoms with Crippen LogP contribution in [0.2, 0.25) is 0 Å². The Morgan fingerprint density at radius 2 is 1.79 bits per heavy atom. The number of likely N-dealkylation sites (N-methyl/N-ethyl adjacent to an activating group) is 1. The minimum Gasteiger partial charge on any atom is -0.507 e. The monoisotopic (exact) mass is 570 g/mol. The topological polar surface area (TPSA) is 88.5 Å². The largest absolute Gasteiger partial charge is 0.507 e. The van der Waals surface area contributed by atoms with E-state index in [9.17, 15) is 14.7 Å². The average molecular weight is 571 g/mol. The molecule has 3 aromatic rings. The summed E-state index contributed by atoms with van der Waals surface area (Å²) in [6.45, 7) is 9.04. The average Bonchev–Trinajstić information content (AvgIpc) is 3.51. The number of amides is 1. The molecule has 42 heavy (non-hydrogen) atoms. The van der Waals surface area contributed by atoms with Gasteiger partial charge in [0.2, 0.25) is 0 Å². The quantitative estimate of drug-likeness (QED) is 0.189. The fourth-order valence-corrected chi connectivity index (χ4v) is 5.68. The van der Waals surface area contributed by atoms with Gasteiger partial charge in [0.1, 0.15) is 24.2 Å². The molecule has 2 heterocycles. The molecule has 0 unspecified atom stereocenters. The van der Waals surface area contributed by atoms with Gasteiger partial charge in [-0.1, -0.05) is 50.2 Å². The first-order chi connectivity index (χ1) is 20.3. The van der Waals surface area contributed by atoms with Crippen LogP contribution in [-0.2, 0) is 22.6 Å². The molecule has 0 aliphatic carbocycles. The van der Waals surface area contributed by atoms with Crippen molar-refractivity contribution in [3.05, 3.63) is 94.6 Å². The van der Waals surface area contributed by atoms with E-state index >= 15 is 0 Å². The highest BCUT2D eigenvalue weighted by Gasteiger charge is 2.46. The van der Waals surface area contributed by atoms with Crippen molar-refractivity contribution in [2.45, 2.75) is 45.9 Å². The lowest BCUT2D eigenvalue weighted by molar-refractivity contribution is -0.140. The summed E-state index contributed by atoms with van der Waals surface area (Å²) < 4.78 is 17.5. The number of hydrogen-bond donors (Lipinski definition) is 1. The van der Waals surface area contributed by atoms with Crippen LogP contribution in [0.15, 0.2) is 72.3 Å². The number of aliphatic hydroxyl groups excluding tert-OH is 1. The third-order valence-corrected chi connectivity index (χ3v) is 8.00. The van der Waals surface area contributed by atoms with Gasteiger partial charge in [0, 0.05) is 25.1 Å². The van der Waals surface area contributed by atoms with E-state index in [1.165, 1.54) is 0 Å². The van der Waals surface area contributed by atoms with Crippen LogP contribution in [0.1, 0.15) is 49.1 Å². The van der Waals surface area contributed by atoms with Crippen molar-refractivity contribution in [2.75, 3.05) is 33.3 Å². The maximum absolute atomic E-state index is 13.6. The molecule has 5 rings (SSSR count). The van der Waals surface area contributed by atoms with Gasteiger partial charge in [-0.3, -0.25) is 9.59 Å². The number of Topliss-reactive ketones (excluding diaryl/α,β-unsaturated/α-hetero) is 1. The van der Waals surface area contributed by atoms with Crippen LogP contribution < -0.4 is 14.2 Å². The summed E-state index contributed by atoms with van der Waals surface area (Å²) in [7, 11) is 1.55. The molecule has 2 aliphatic heterocycles. The van der Waals surface area contributed by atoms with Gasteiger partial charge < -0.3 is 29.1 Å². The molecule has 1 saturated heterocycles. The molecule has 1 amide bonds. The number of nitrogens with zero attached hydrogens (tertiary/aromatic N) is 2. The molecule has 220 valence electrons. The number of aliphatic hydroxyl groups is 1. The highest BCUT2D eigenvalue weighted by atomic mass is 16.5. The molecule has 0 radical (unpaired) electrons. The Balaban J connectivity index is 1.54. The lowest BCUT2D eigenvalue weighted by Crippen LogP contribution is -2.38. The zero-order valence-electron chi connectivity index (χ0n) is 24.6. The van der Waals surface area contributed by atoms with Crippen molar-refractivity contribution in [2.24, 2.45) is 0 Å². The van der Waals surface area contributed by atoms with Crippen LogP contribution in [0, 0.1) is 0 Å². The van der Waals surface area contributed by atoms with Gasteiger partial charge in [0.05, 0.1) is 18.7 Å². The summed E-state index contributed by atoms with van der Waals surface area (Å²) in [5.74, 6) is 0.251. The van der Waals surface area contributed by atoms with E-state index in [0.29, 0.717) is 48.7 Å². The number of fused-ring (bicyclic) bond motifs is 1. The smallest absolute Gasteiger partial charge is 0.295 e. The first-order valence-corrected chi connectivity index (χ1v) is 14.5. The van der Waals surface area contributed by atoms with Crippen molar-refractivity contribution < 1.29 is 28.9 Å². The third-order valence-electron chi connectivity index (χ3n) is 8.00. The molecular weight excluding hydrogens is 532 g/mol. The Kier molecular flexibility index (Phi) is 8.83. The molecule has 2 atom stereocenters. The highest BCUT2D eigenvalue weighted by Crippen LogP contribution is 2.43. The van der Waals surface area contributed by atoms with Crippen LogP contribution in [0.3, 0.4) is 0 Å². The predicted molar refractivity (Wildman–Crippen MR) is 161 cm³/mol. The molecule has 2 aliphatic rings. The predicted octanol–water partition coefficient (Wildman–Crippen LogP) is 5.36. The number of likely N-dealkylation sites (tertiary alicyclic amines) is 1. The minimum absolute atomic E-state index is 0.0399. The summed E-state index contributed by atoms with van der Waals surface area (Å²) in [6.07, 6.45) is 0.748. The van der Waals surface area contributed by atoms with Crippen LogP contribution in [-0.4, -0.2) is 66.0 Å². The van der Waals surface area contributed by atoms with Gasteiger partial charge in [-0.25, -0.2) is 0 Å². The second kappa shape index (κ2) is 12.7. The van der Waals surface area contributed by atoms with E-state index in [1.807, 2.05) is 49.4 Å². The summed E-state index contributed by atoms with van der Waals surface area (Å²) >= 11 is 0. The zero-order chi connectivity index (χ0) is 29.8. The summed E-state index contributed by atoms with van der Waals surface area (Å²) in [5, 5.41) is 11.6. The van der Waals surface area contributed by atoms with E-state index in [4.69, 9.17) is 14.2 Å². The fourth-order valence-electron chi connectivity index (χ4n) is 5.68. The molecule has 1 N–H and O–H groups in total. The van der Waals surface area contributed by atoms with E-state index < -0.39 is 17.7 Å². The first-order valence-electron chi connectivity index (χ1n) is 14.5. The normalized spacial score (nSPS) is 19.2. The van der Waals surface area contributed by atoms with Gasteiger partial charge in [-0.05, 0) is 67.0 Å². The number of ketones is 1. The van der Waals surface area contributed by atoms with E-state index in [0.717, 1.165) is 30.0 Å². The number of ether oxygens (including phenoxy) is 3. The molecule has 3 aromatic carbocycles. The Bertz CT molecular complexity index is 1480. The van der Waals surface area contributed by atoms with Gasteiger partial charge >= 0.3 is 0 Å². The third kappa shape index (κ3) is 5.85. The molecule has 0 saturated carbocycles. The Labute approximate surface area is 247 Å². The highest BCUT2D eigenvalue weighted by molar-refractivity contribution is 6.46. The van der Waals surface area contributed by atoms with Gasteiger partial charge in [0.15, 0.2) is 11.5 Å². The van der Waals surface area contributed by atoms with Crippen molar-refractivity contribution in [3.8, 4) is 17.2 Å². The van der Waals surface area contributed by atoms with Crippen LogP contribution in [0.4, 0.5) is 0 Å². The van der Waals surface area contributed by atoms with Crippen LogP contribution in [0.25, 0.3) is 5.76 Å². The van der Waals surface area contributed by atoms with E-state index in [-0.39, 0.29) is 17.4 Å². The van der Waals surface area contributed by atoms with Gasteiger partial charge in [-0.15, -0.1) is 0 Å². The second-order valence-corrected chi connectivity index (χ2v) is 10.7. The SMILES string of the molecule is CCN(CC)CCN1C(=O)C(=O)C(=C(O)c2ccc3c(c2)C[C@H](C)O3)[C@@H]1c1ccc(OCc2ccccc2)c(OC)c1. The molecule has 8 heteroatoms. The Morgan fingerprint density at radius 3 is 2.50 bits per heavy atom. The standard InChI is InChI=1S/C34H38N2O6/c1-5-35(6-2)16-17-36-31(24-12-15-28(29(20-24)40-4)41-21-23-10-8-7-9-11-23)30(33(38)34(36)39)32(37)25-13-14-27-26(19-25)18-22(3)42-27/h7-15,19-20,22,31,37H,5-6,16-18,21H2,1-4H3/t22-,31-/m0/s1. The van der Waals surface area contributed by atoms with E-state index in [1.54, 1.807) is 36.3 Å². The molecule has 0 spiro atoms. The number of hydrogen-bond acceptors (Lipinski definition) is 7. The molecule has 8 nitrogen and oxygen atoms in total. The second-order valence-electron chi connectivity index (χ2n) is 10.7. The van der Waals surface area contributed by atoms with E-state index in [2.05, 4.69) is 18.7 Å². The first kappa shape index (κ1) is 29.2. The van der Waals surface area contributed by atoms with Crippen LogP contribution in [0.5, 0.6) is 17.2 Å². The molecule has 0 aromatic heterocycles. The number of carbonyl (C=O) groups excluding carboxylic acids is 2. The summed E-state index contributed by atoms with van der Waals surface area (Å²) in [6, 6.07) is 19.8. The number of methoxy groups -OCH3 is 1. The van der Waals surface area contributed by atoms with Crippen molar-refractivity contribution in [3.63, 3.8) is 0 Å². The number of benzene rings is 3. The van der Waals surface area contributed by atoms with Crippen LogP contribution >= 0.6 is 0 Å². The van der Waals surface area contributed by atoms with Gasteiger partial charge in [-0.2, -0.15) is 0 Å². The number of rotatable bonds is 11. The Hall–Kier alpha value is -4.30. The molecule has 1 fully saturated rings. The lowest BCUT2D eigenvalue weighted by Gasteiger charge is -2.28. The Morgan fingerprint density at radius 1 is 1.02 bits per heavy atom. The maximum Gasteiger partial charge on any atom is 0.295 e. The lowest BCUT2D eigenvalue weighted by atomic mass is 9.94. The maximum atomic E-state index is 13.6. The van der Waals surface area contributed by atoms with Crippen molar-refractivity contribution >= 4 is 17.4 Å². The summed E-state index contributed by atoms with van der Waals surface area (Å²) in [4.78, 5) is 30.8. The zero-order valence-corrected chi connectivity index (χ0v) is 24.6. The summed E-state index contributed by atoms with van der Waals surface area (Å²) in [5.41, 5.74) is 3.17. The fraction of sp³-hybridized carbons (Fsp3) is 0.353. The minimum atomic E-state index is -0.791. The molecule has 0 bridgehead atoms. The number of carbonyl (C=O) groups is 2. The van der Waals surface area contributed by atoms with Crippen molar-refractivity contribution in [1.29, 1.82) is 0 Å². The molecular formula is C34H38N2O6.